The highest BCUT2D eigenvalue weighted by Gasteiger charge is 2.81. The van der Waals surface area contributed by atoms with E-state index < -0.39 is 28.3 Å². The van der Waals surface area contributed by atoms with Crippen LogP contribution in [-0.2, 0) is 27.3 Å². The van der Waals surface area contributed by atoms with Crippen LogP contribution in [0.3, 0.4) is 0 Å². The normalized spacial score (nSPS) is 28.9. The number of phenolic OH excluding ortho intramolecular Hbond substituents is 1. The van der Waals surface area contributed by atoms with Gasteiger partial charge in [0.05, 0.1) is 24.0 Å². The van der Waals surface area contributed by atoms with E-state index in [1.807, 2.05) is 52.8 Å². The molecule has 9 nitrogen and oxygen atoms in total. The van der Waals surface area contributed by atoms with Gasteiger partial charge in [0.2, 0.25) is 5.91 Å². The molecular formula is C43H49NO8. The summed E-state index contributed by atoms with van der Waals surface area (Å²) in [4.78, 5) is 42.7. The summed E-state index contributed by atoms with van der Waals surface area (Å²) >= 11 is 0. The van der Waals surface area contributed by atoms with Gasteiger partial charge in [0.15, 0.2) is 22.8 Å². The number of carbonyl (C=O) groups is 3. The molecule has 52 heavy (non-hydrogen) atoms. The summed E-state index contributed by atoms with van der Waals surface area (Å²) < 4.78 is 26.3. The number of benzene rings is 1. The van der Waals surface area contributed by atoms with E-state index in [0.29, 0.717) is 53.0 Å². The molecular weight excluding hydrogens is 658 g/mol. The first-order valence-electron chi connectivity index (χ1n) is 18.3. The number of aromatic hydroxyl groups is 1. The van der Waals surface area contributed by atoms with Crippen molar-refractivity contribution in [2.45, 2.75) is 116 Å². The number of furan rings is 1. The van der Waals surface area contributed by atoms with Gasteiger partial charge in [-0.05, 0) is 105 Å². The van der Waals surface area contributed by atoms with Crippen molar-refractivity contribution in [2.75, 3.05) is 0 Å². The predicted molar refractivity (Wildman–Crippen MR) is 197 cm³/mol. The quantitative estimate of drug-likeness (QED) is 0.188. The van der Waals surface area contributed by atoms with E-state index in [4.69, 9.17) is 18.6 Å². The summed E-state index contributed by atoms with van der Waals surface area (Å²) in [6.07, 6.45) is 15.4. The molecule has 1 saturated carbocycles. The number of phenols is 1. The highest BCUT2D eigenvalue weighted by Crippen LogP contribution is 2.68. The van der Waals surface area contributed by atoms with Crippen LogP contribution < -0.4 is 14.8 Å². The Hall–Kier alpha value is -4.63. The molecule has 2 N–H and O–H groups in total. The van der Waals surface area contributed by atoms with E-state index in [0.717, 1.165) is 12.0 Å². The van der Waals surface area contributed by atoms with Gasteiger partial charge in [0, 0.05) is 35.0 Å². The molecule has 274 valence electrons. The van der Waals surface area contributed by atoms with Crippen molar-refractivity contribution in [3.8, 4) is 17.2 Å². The molecule has 1 aromatic carbocycles. The average Bonchev–Trinajstić information content (AvgIpc) is 3.65. The smallest absolute Gasteiger partial charge is 0.246 e. The molecule has 4 bridgehead atoms. The van der Waals surface area contributed by atoms with E-state index in [9.17, 15) is 19.5 Å². The van der Waals surface area contributed by atoms with Crippen LogP contribution in [0.4, 0.5) is 0 Å². The predicted octanol–water partition coefficient (Wildman–Crippen LogP) is 8.06. The summed E-state index contributed by atoms with van der Waals surface area (Å²) in [5.74, 6) is -0.706. The lowest BCUT2D eigenvalue weighted by Crippen LogP contribution is -2.72. The molecule has 9 heteroatoms. The summed E-state index contributed by atoms with van der Waals surface area (Å²) in [7, 11) is 0. The van der Waals surface area contributed by atoms with E-state index in [1.54, 1.807) is 37.5 Å². The Labute approximate surface area is 305 Å². The molecule has 1 saturated heterocycles. The van der Waals surface area contributed by atoms with Gasteiger partial charge in [0.25, 0.3) is 0 Å². The van der Waals surface area contributed by atoms with Crippen molar-refractivity contribution < 1.29 is 38.1 Å². The van der Waals surface area contributed by atoms with Gasteiger partial charge < -0.3 is 29.1 Å². The number of ketones is 2. The maximum absolute atomic E-state index is 14.9. The van der Waals surface area contributed by atoms with Crippen molar-refractivity contribution in [1.82, 2.24) is 5.32 Å². The van der Waals surface area contributed by atoms with Gasteiger partial charge in [-0.1, -0.05) is 35.5 Å². The Morgan fingerprint density at radius 1 is 1.02 bits per heavy atom. The number of carbonyl (C=O) groups excluding carboxylic acids is 3. The molecule has 4 heterocycles. The number of hydrogen-bond donors (Lipinski definition) is 2. The van der Waals surface area contributed by atoms with Crippen molar-refractivity contribution in [2.24, 2.45) is 11.8 Å². The second-order valence-electron chi connectivity index (χ2n) is 16.2. The molecule has 6 aliphatic rings. The maximum atomic E-state index is 14.9. The minimum absolute atomic E-state index is 0.0180. The molecule has 5 atom stereocenters. The fourth-order valence-corrected chi connectivity index (χ4v) is 8.90. The Balaban J connectivity index is 1.36. The second-order valence-corrected chi connectivity index (χ2v) is 16.2. The Bertz CT molecular complexity index is 2020. The van der Waals surface area contributed by atoms with Crippen molar-refractivity contribution >= 4 is 23.5 Å². The number of hydrogen-bond acceptors (Lipinski definition) is 8. The van der Waals surface area contributed by atoms with Gasteiger partial charge in [-0.25, -0.2) is 0 Å². The van der Waals surface area contributed by atoms with Crippen LogP contribution in [0.2, 0.25) is 0 Å². The summed E-state index contributed by atoms with van der Waals surface area (Å²) in [5.41, 5.74) is -0.456. The first-order valence-corrected chi connectivity index (χ1v) is 18.3. The van der Waals surface area contributed by atoms with E-state index in [1.165, 1.54) is 5.57 Å². The summed E-state index contributed by atoms with van der Waals surface area (Å²) in [6, 6.07) is 3.53. The van der Waals surface area contributed by atoms with Crippen LogP contribution in [0.5, 0.6) is 17.2 Å². The SMILES string of the molecule is CC(C)=CCCC1(C)C=Cc2c(O)c3c(c(CC=C(C)C)c2O1)OC12C(=CC4CC1C(C)(C)OC2(C/C=C(/C)C(=O)NCc1ccco1)C4=O)C3=O. The molecule has 1 spiro atoms. The van der Waals surface area contributed by atoms with Gasteiger partial charge in [-0.2, -0.15) is 0 Å². The van der Waals surface area contributed by atoms with Crippen molar-refractivity contribution in [3.63, 3.8) is 0 Å². The third-order valence-electron chi connectivity index (χ3n) is 11.5. The first-order chi connectivity index (χ1) is 24.5. The third kappa shape index (κ3) is 5.42. The number of rotatable bonds is 10. The largest absolute Gasteiger partial charge is 0.506 e. The molecule has 8 rings (SSSR count). The minimum Gasteiger partial charge on any atom is -0.506 e. The summed E-state index contributed by atoms with van der Waals surface area (Å²) in [6.45, 7) is 15.9. The molecule has 1 aromatic heterocycles. The highest BCUT2D eigenvalue weighted by molar-refractivity contribution is 6.19. The van der Waals surface area contributed by atoms with Crippen LogP contribution in [0.15, 0.2) is 75.5 Å². The Morgan fingerprint density at radius 2 is 1.77 bits per heavy atom. The van der Waals surface area contributed by atoms with Crippen molar-refractivity contribution in [3.05, 3.63) is 93.5 Å². The zero-order chi connectivity index (χ0) is 37.4. The molecule has 5 unspecified atom stereocenters. The molecule has 2 fully saturated rings. The van der Waals surface area contributed by atoms with E-state index >= 15 is 0 Å². The molecule has 2 aromatic rings. The standard InChI is InChI=1S/C43H49NO8/c1-24(2)11-9-17-41(8)18-16-29-34(45)33-35(46)31-21-27-22-32-40(6,7)52-42(38(27)47,19-15-26(5)39(48)44-23-28-12-10-20-49-28)43(31,32)51-37(33)30(36(29)50-41)14-13-25(3)4/h10-13,15-16,18,20-21,27,32,45H,9,14,17,19,22-23H2,1-8H3,(H,44,48)/b26-15-. The van der Waals surface area contributed by atoms with Gasteiger partial charge >= 0.3 is 0 Å². The van der Waals surface area contributed by atoms with Crippen LogP contribution in [-0.4, -0.2) is 45.0 Å². The topological polar surface area (TPSA) is 124 Å². The minimum atomic E-state index is -1.59. The molecule has 3 aliphatic heterocycles. The van der Waals surface area contributed by atoms with Crippen molar-refractivity contribution in [1.29, 1.82) is 0 Å². The molecule has 0 radical (unpaired) electrons. The van der Waals surface area contributed by atoms with Crippen LogP contribution >= 0.6 is 0 Å². The fraction of sp³-hybridized carbons (Fsp3) is 0.465. The van der Waals surface area contributed by atoms with Gasteiger partial charge in [0.1, 0.15) is 34.2 Å². The van der Waals surface area contributed by atoms with Crippen LogP contribution in [0, 0.1) is 11.8 Å². The van der Waals surface area contributed by atoms with E-state index in [-0.39, 0.29) is 53.4 Å². The fourth-order valence-electron chi connectivity index (χ4n) is 8.90. The monoisotopic (exact) mass is 707 g/mol. The van der Waals surface area contributed by atoms with Crippen LogP contribution in [0.25, 0.3) is 6.08 Å². The zero-order valence-electron chi connectivity index (χ0n) is 31.4. The number of amides is 1. The lowest BCUT2D eigenvalue weighted by Gasteiger charge is -2.56. The highest BCUT2D eigenvalue weighted by atomic mass is 16.6. The average molecular weight is 708 g/mol. The third-order valence-corrected chi connectivity index (χ3v) is 11.5. The van der Waals surface area contributed by atoms with Gasteiger partial charge in [-0.3, -0.25) is 14.4 Å². The molecule has 1 amide bonds. The number of nitrogens with one attached hydrogen (secondary N) is 1. The Kier molecular flexibility index (Phi) is 8.60. The number of Topliss-reactive ketones (excluding diaryl/α,β-unsaturated/α-hetero) is 2. The zero-order valence-corrected chi connectivity index (χ0v) is 31.4. The number of ether oxygens (including phenoxy) is 3. The second kappa shape index (κ2) is 12.5. The van der Waals surface area contributed by atoms with Crippen LogP contribution in [0.1, 0.15) is 108 Å². The first kappa shape index (κ1) is 35.8. The Morgan fingerprint density at radius 3 is 2.46 bits per heavy atom. The molecule has 3 aliphatic carbocycles. The number of fused-ring (bicyclic) bond motifs is 2. The lowest BCUT2D eigenvalue weighted by molar-refractivity contribution is -0.171. The number of allylic oxidation sites excluding steroid dienone is 5. The lowest BCUT2D eigenvalue weighted by atomic mass is 9.51. The maximum Gasteiger partial charge on any atom is 0.246 e. The summed E-state index contributed by atoms with van der Waals surface area (Å²) in [5, 5.41) is 14.8. The van der Waals surface area contributed by atoms with E-state index in [2.05, 4.69) is 25.2 Å². The van der Waals surface area contributed by atoms with Gasteiger partial charge in [-0.15, -0.1) is 0 Å².